The predicted octanol–water partition coefficient (Wildman–Crippen LogP) is 1.98. The molecule has 0 aromatic heterocycles. The number of nitrogens with zero attached hydrogens (tertiary/aromatic N) is 1. The minimum atomic E-state index is -3.78. The van der Waals surface area contributed by atoms with Crippen molar-refractivity contribution in [2.24, 2.45) is 5.92 Å². The van der Waals surface area contributed by atoms with Crippen LogP contribution < -0.4 is 0 Å². The molecule has 4 nitrogen and oxygen atoms in total. The molecule has 0 saturated heterocycles. The minimum Gasteiger partial charge on any atom is -0.392 e. The third-order valence-corrected chi connectivity index (χ3v) is 5.06. The monoisotopic (exact) mass is 289 g/mol. The van der Waals surface area contributed by atoms with E-state index in [1.807, 2.05) is 13.8 Å². The second kappa shape index (κ2) is 6.45. The lowest BCUT2D eigenvalue weighted by molar-refractivity contribution is 0.277. The van der Waals surface area contributed by atoms with Crippen LogP contribution in [0.25, 0.3) is 0 Å². The van der Waals surface area contributed by atoms with Crippen LogP contribution in [0.15, 0.2) is 23.1 Å². The molecule has 0 aliphatic carbocycles. The van der Waals surface area contributed by atoms with E-state index < -0.39 is 22.4 Å². The Bertz CT molecular complexity index is 531. The molecule has 0 aliphatic rings. The lowest BCUT2D eigenvalue weighted by Gasteiger charge is -2.21. The van der Waals surface area contributed by atoms with Crippen molar-refractivity contribution in [1.29, 1.82) is 0 Å². The highest BCUT2D eigenvalue weighted by Crippen LogP contribution is 2.22. The Kier molecular flexibility index (Phi) is 5.46. The van der Waals surface area contributed by atoms with Crippen LogP contribution in [-0.2, 0) is 16.6 Å². The molecule has 1 N–H and O–H groups in total. The van der Waals surface area contributed by atoms with Crippen molar-refractivity contribution in [3.05, 3.63) is 29.6 Å². The van der Waals surface area contributed by atoms with Crippen LogP contribution >= 0.6 is 0 Å². The third kappa shape index (κ3) is 3.75. The fraction of sp³-hybridized carbons (Fsp3) is 0.538. The molecule has 19 heavy (non-hydrogen) atoms. The summed E-state index contributed by atoms with van der Waals surface area (Å²) >= 11 is 0. The van der Waals surface area contributed by atoms with Crippen LogP contribution in [0.1, 0.15) is 25.8 Å². The SMILES string of the molecule is CCC(C)CN(C)S(=O)(=O)c1cc(F)ccc1CO. The Labute approximate surface area is 113 Å². The van der Waals surface area contributed by atoms with Gasteiger partial charge in [-0.1, -0.05) is 26.3 Å². The molecule has 0 heterocycles. The Hall–Kier alpha value is -0.980. The highest BCUT2D eigenvalue weighted by atomic mass is 32.2. The molecule has 108 valence electrons. The van der Waals surface area contributed by atoms with Gasteiger partial charge in [-0.15, -0.1) is 0 Å². The summed E-state index contributed by atoms with van der Waals surface area (Å²) in [6.45, 7) is 3.85. The number of halogens is 1. The highest BCUT2D eigenvalue weighted by Gasteiger charge is 2.25. The fourth-order valence-corrected chi connectivity index (χ4v) is 3.25. The first-order chi connectivity index (χ1) is 8.82. The summed E-state index contributed by atoms with van der Waals surface area (Å²) in [4.78, 5) is -0.166. The molecule has 0 aliphatic heterocycles. The second-order valence-corrected chi connectivity index (χ2v) is 6.72. The summed E-state index contributed by atoms with van der Waals surface area (Å²) in [7, 11) is -2.31. The predicted molar refractivity (Wildman–Crippen MR) is 71.6 cm³/mol. The van der Waals surface area contributed by atoms with E-state index in [-0.39, 0.29) is 16.4 Å². The van der Waals surface area contributed by atoms with E-state index in [9.17, 15) is 17.9 Å². The number of sulfonamides is 1. The summed E-state index contributed by atoms with van der Waals surface area (Å²) in [5.41, 5.74) is 0.206. The average Bonchev–Trinajstić information content (AvgIpc) is 2.38. The Balaban J connectivity index is 3.16. The number of aliphatic hydroxyl groups excluding tert-OH is 1. The molecule has 0 fully saturated rings. The van der Waals surface area contributed by atoms with Crippen molar-refractivity contribution in [2.75, 3.05) is 13.6 Å². The van der Waals surface area contributed by atoms with Crippen molar-refractivity contribution < 1.29 is 17.9 Å². The van der Waals surface area contributed by atoms with Gasteiger partial charge in [0.1, 0.15) is 5.82 Å². The summed E-state index contributed by atoms with van der Waals surface area (Å²) in [5, 5.41) is 9.18. The van der Waals surface area contributed by atoms with E-state index in [0.29, 0.717) is 6.54 Å². The molecule has 1 rings (SSSR count). The van der Waals surface area contributed by atoms with Gasteiger partial charge in [-0.2, -0.15) is 0 Å². The smallest absolute Gasteiger partial charge is 0.243 e. The van der Waals surface area contributed by atoms with Crippen LogP contribution in [0.3, 0.4) is 0 Å². The van der Waals surface area contributed by atoms with E-state index in [2.05, 4.69) is 0 Å². The van der Waals surface area contributed by atoms with E-state index in [0.717, 1.165) is 18.6 Å². The maximum atomic E-state index is 13.2. The number of benzene rings is 1. The summed E-state index contributed by atoms with van der Waals surface area (Å²) in [5.74, 6) is -0.418. The molecule has 1 aromatic carbocycles. The van der Waals surface area contributed by atoms with Gasteiger partial charge < -0.3 is 5.11 Å². The Morgan fingerprint density at radius 1 is 1.42 bits per heavy atom. The zero-order valence-electron chi connectivity index (χ0n) is 11.4. The molecule has 0 radical (unpaired) electrons. The first-order valence-corrected chi connectivity index (χ1v) is 7.62. The van der Waals surface area contributed by atoms with Crippen molar-refractivity contribution in [3.8, 4) is 0 Å². The number of hydrogen-bond donors (Lipinski definition) is 1. The summed E-state index contributed by atoms with van der Waals surface area (Å²) in [6, 6.07) is 3.38. The van der Waals surface area contributed by atoms with Crippen LogP contribution in [0.2, 0.25) is 0 Å². The van der Waals surface area contributed by atoms with Gasteiger partial charge in [-0.05, 0) is 23.6 Å². The molecule has 0 bridgehead atoms. The topological polar surface area (TPSA) is 57.6 Å². The van der Waals surface area contributed by atoms with Crippen LogP contribution in [0.5, 0.6) is 0 Å². The third-order valence-electron chi connectivity index (χ3n) is 3.15. The zero-order chi connectivity index (χ0) is 14.6. The quantitative estimate of drug-likeness (QED) is 0.871. The molecule has 0 saturated carbocycles. The molecular formula is C13H20FNO3S. The van der Waals surface area contributed by atoms with Gasteiger partial charge in [0.25, 0.3) is 0 Å². The van der Waals surface area contributed by atoms with Crippen LogP contribution in [0.4, 0.5) is 4.39 Å². The minimum absolute atomic E-state index is 0.166. The normalized spacial score (nSPS) is 13.8. The lowest BCUT2D eigenvalue weighted by atomic mass is 10.1. The zero-order valence-corrected chi connectivity index (χ0v) is 12.2. The van der Waals surface area contributed by atoms with Crippen molar-refractivity contribution in [2.45, 2.75) is 31.8 Å². The largest absolute Gasteiger partial charge is 0.392 e. The highest BCUT2D eigenvalue weighted by molar-refractivity contribution is 7.89. The van der Waals surface area contributed by atoms with Gasteiger partial charge in [-0.25, -0.2) is 17.1 Å². The first kappa shape index (κ1) is 16.1. The molecule has 1 atom stereocenters. The van der Waals surface area contributed by atoms with E-state index in [1.165, 1.54) is 17.4 Å². The number of hydrogen-bond acceptors (Lipinski definition) is 3. The molecule has 0 spiro atoms. The lowest BCUT2D eigenvalue weighted by Crippen LogP contribution is -2.31. The van der Waals surface area contributed by atoms with Gasteiger partial charge in [0.05, 0.1) is 11.5 Å². The Morgan fingerprint density at radius 3 is 2.58 bits per heavy atom. The first-order valence-electron chi connectivity index (χ1n) is 6.18. The van der Waals surface area contributed by atoms with Gasteiger partial charge in [-0.3, -0.25) is 0 Å². The van der Waals surface area contributed by atoms with Crippen molar-refractivity contribution in [1.82, 2.24) is 4.31 Å². The maximum Gasteiger partial charge on any atom is 0.243 e. The summed E-state index contributed by atoms with van der Waals surface area (Å²) < 4.78 is 39.2. The molecule has 1 aromatic rings. The molecular weight excluding hydrogens is 269 g/mol. The van der Waals surface area contributed by atoms with Gasteiger partial charge >= 0.3 is 0 Å². The molecule has 6 heteroatoms. The summed E-state index contributed by atoms with van der Waals surface area (Å²) in [6.07, 6.45) is 0.857. The van der Waals surface area contributed by atoms with E-state index in [4.69, 9.17) is 0 Å². The number of aliphatic hydroxyl groups is 1. The Morgan fingerprint density at radius 2 is 2.05 bits per heavy atom. The van der Waals surface area contributed by atoms with E-state index in [1.54, 1.807) is 0 Å². The fourth-order valence-electron chi connectivity index (χ4n) is 1.73. The molecule has 0 amide bonds. The van der Waals surface area contributed by atoms with Gasteiger partial charge in [0.2, 0.25) is 10.0 Å². The van der Waals surface area contributed by atoms with Gasteiger partial charge in [0.15, 0.2) is 0 Å². The molecule has 1 unspecified atom stereocenters. The standard InChI is InChI=1S/C13H20FNO3S/c1-4-10(2)8-15(3)19(17,18)13-7-12(14)6-5-11(13)9-16/h5-7,10,16H,4,8-9H2,1-3H3. The van der Waals surface area contributed by atoms with Gasteiger partial charge in [0, 0.05) is 13.6 Å². The maximum absolute atomic E-state index is 13.2. The average molecular weight is 289 g/mol. The van der Waals surface area contributed by atoms with Crippen LogP contribution in [-0.4, -0.2) is 31.4 Å². The van der Waals surface area contributed by atoms with Crippen molar-refractivity contribution in [3.63, 3.8) is 0 Å². The van der Waals surface area contributed by atoms with Crippen LogP contribution in [0, 0.1) is 11.7 Å². The second-order valence-electron chi connectivity index (χ2n) is 4.71. The van der Waals surface area contributed by atoms with Crippen molar-refractivity contribution >= 4 is 10.0 Å². The van der Waals surface area contributed by atoms with E-state index >= 15 is 0 Å². The number of rotatable bonds is 6.